The summed E-state index contributed by atoms with van der Waals surface area (Å²) in [5.74, 6) is -0.0853. The second-order valence-corrected chi connectivity index (χ2v) is 5.79. The van der Waals surface area contributed by atoms with Crippen molar-refractivity contribution in [2.75, 3.05) is 7.11 Å². The Morgan fingerprint density at radius 1 is 1.30 bits per heavy atom. The quantitative estimate of drug-likeness (QED) is 0.936. The van der Waals surface area contributed by atoms with Gasteiger partial charge >= 0.3 is 0 Å². The summed E-state index contributed by atoms with van der Waals surface area (Å²) >= 11 is 1.29. The number of amides is 1. The van der Waals surface area contributed by atoms with Crippen LogP contribution in [-0.4, -0.2) is 13.0 Å². The summed E-state index contributed by atoms with van der Waals surface area (Å²) in [6.45, 7) is 3.53. The van der Waals surface area contributed by atoms with Crippen molar-refractivity contribution in [3.8, 4) is 5.75 Å². The fourth-order valence-electron chi connectivity index (χ4n) is 2.00. The summed E-state index contributed by atoms with van der Waals surface area (Å²) in [5.41, 5.74) is -0.360. The molecule has 2 rings (SSSR count). The van der Waals surface area contributed by atoms with Crippen LogP contribution in [0.15, 0.2) is 35.7 Å². The van der Waals surface area contributed by atoms with Crippen LogP contribution in [0.1, 0.15) is 29.1 Å². The largest absolute Gasteiger partial charge is 0.495 e. The first kappa shape index (κ1) is 14.5. The molecule has 106 valence electrons. The van der Waals surface area contributed by atoms with Crippen molar-refractivity contribution >= 4 is 17.2 Å². The van der Waals surface area contributed by atoms with Crippen LogP contribution in [0.5, 0.6) is 5.75 Å². The van der Waals surface area contributed by atoms with E-state index in [-0.39, 0.29) is 11.7 Å². The lowest BCUT2D eigenvalue weighted by Gasteiger charge is -2.27. The fourth-order valence-corrected chi connectivity index (χ4v) is 2.75. The van der Waals surface area contributed by atoms with Gasteiger partial charge in [0.25, 0.3) is 5.91 Å². The van der Waals surface area contributed by atoms with Crippen LogP contribution in [0.3, 0.4) is 0 Å². The molecule has 20 heavy (non-hydrogen) atoms. The van der Waals surface area contributed by atoms with Crippen molar-refractivity contribution in [1.29, 1.82) is 0 Å². The molecular formula is C15H16FNO2S. The van der Waals surface area contributed by atoms with E-state index < -0.39 is 5.54 Å². The smallest absolute Gasteiger partial charge is 0.265 e. The number of hydrogen-bond acceptors (Lipinski definition) is 3. The van der Waals surface area contributed by atoms with Crippen LogP contribution in [0.25, 0.3) is 0 Å². The van der Waals surface area contributed by atoms with E-state index in [1.54, 1.807) is 43.5 Å². The highest BCUT2D eigenvalue weighted by atomic mass is 32.1. The molecule has 1 amide bonds. The first-order chi connectivity index (χ1) is 9.45. The second kappa shape index (κ2) is 5.63. The molecule has 0 bridgehead atoms. The number of thiophene rings is 1. The van der Waals surface area contributed by atoms with Crippen molar-refractivity contribution in [3.05, 3.63) is 52.0 Å². The minimum Gasteiger partial charge on any atom is -0.495 e. The lowest BCUT2D eigenvalue weighted by atomic mass is 9.93. The molecule has 0 atom stereocenters. The number of methoxy groups -OCH3 is 1. The highest BCUT2D eigenvalue weighted by Gasteiger charge is 2.27. The molecule has 0 spiro atoms. The average molecular weight is 293 g/mol. The van der Waals surface area contributed by atoms with Gasteiger partial charge in [0.1, 0.15) is 16.4 Å². The van der Waals surface area contributed by atoms with Crippen LogP contribution in [0, 0.1) is 5.82 Å². The number of ether oxygens (including phenoxy) is 1. The van der Waals surface area contributed by atoms with Crippen molar-refractivity contribution < 1.29 is 13.9 Å². The fraction of sp³-hybridized carbons (Fsp3) is 0.267. The van der Waals surface area contributed by atoms with Gasteiger partial charge in [-0.2, -0.15) is 0 Å². The Kier molecular flexibility index (Phi) is 4.09. The predicted molar refractivity (Wildman–Crippen MR) is 77.8 cm³/mol. The van der Waals surface area contributed by atoms with Gasteiger partial charge in [0, 0.05) is 5.56 Å². The van der Waals surface area contributed by atoms with Gasteiger partial charge in [0.2, 0.25) is 0 Å². The molecule has 3 nitrogen and oxygen atoms in total. The maximum atomic E-state index is 13.9. The molecular weight excluding hydrogens is 277 g/mol. The van der Waals surface area contributed by atoms with Gasteiger partial charge < -0.3 is 10.1 Å². The molecule has 0 unspecified atom stereocenters. The van der Waals surface area contributed by atoms with Crippen LogP contribution in [-0.2, 0) is 5.54 Å². The molecule has 0 aliphatic carbocycles. The first-order valence-electron chi connectivity index (χ1n) is 6.14. The zero-order chi connectivity index (χ0) is 14.8. The second-order valence-electron chi connectivity index (χ2n) is 4.88. The minimum atomic E-state index is -0.808. The van der Waals surface area contributed by atoms with Gasteiger partial charge in [-0.05, 0) is 31.4 Å². The number of nitrogens with one attached hydrogen (secondary N) is 1. The molecule has 0 fully saturated rings. The summed E-state index contributed by atoms with van der Waals surface area (Å²) in [6.07, 6.45) is 0. The Bertz CT molecular complexity index is 622. The van der Waals surface area contributed by atoms with Crippen LogP contribution < -0.4 is 10.1 Å². The highest BCUT2D eigenvalue weighted by Crippen LogP contribution is 2.27. The molecule has 1 aromatic carbocycles. The maximum Gasteiger partial charge on any atom is 0.265 e. The Morgan fingerprint density at radius 3 is 2.65 bits per heavy atom. The molecule has 0 saturated heterocycles. The van der Waals surface area contributed by atoms with Gasteiger partial charge in [-0.25, -0.2) is 4.39 Å². The lowest BCUT2D eigenvalue weighted by Crippen LogP contribution is -2.41. The normalized spacial score (nSPS) is 11.2. The van der Waals surface area contributed by atoms with Crippen molar-refractivity contribution in [2.24, 2.45) is 0 Å². The van der Waals surface area contributed by atoms with Crippen LogP contribution >= 0.6 is 11.3 Å². The number of benzene rings is 1. The molecule has 0 saturated carbocycles. The van der Waals surface area contributed by atoms with E-state index in [1.165, 1.54) is 24.5 Å². The number of hydrogen-bond donors (Lipinski definition) is 1. The summed E-state index contributed by atoms with van der Waals surface area (Å²) < 4.78 is 19.0. The number of carbonyl (C=O) groups is 1. The Labute approximate surface area is 121 Å². The molecule has 2 aromatic rings. The number of carbonyl (C=O) groups excluding carboxylic acids is 1. The topological polar surface area (TPSA) is 38.3 Å². The molecule has 0 aliphatic heterocycles. The van der Waals surface area contributed by atoms with E-state index in [4.69, 9.17) is 4.74 Å². The Morgan fingerprint density at radius 2 is 2.00 bits per heavy atom. The van der Waals surface area contributed by atoms with Crippen molar-refractivity contribution in [3.63, 3.8) is 0 Å². The monoisotopic (exact) mass is 293 g/mol. The average Bonchev–Trinajstić information content (AvgIpc) is 2.86. The highest BCUT2D eigenvalue weighted by molar-refractivity contribution is 7.12. The summed E-state index contributed by atoms with van der Waals surface area (Å²) in [5, 5.41) is 4.62. The van der Waals surface area contributed by atoms with E-state index in [9.17, 15) is 9.18 Å². The molecule has 0 aliphatic rings. The van der Waals surface area contributed by atoms with E-state index >= 15 is 0 Å². The van der Waals surface area contributed by atoms with E-state index in [2.05, 4.69) is 5.32 Å². The van der Waals surface area contributed by atoms with Crippen molar-refractivity contribution in [2.45, 2.75) is 19.4 Å². The third-order valence-corrected chi connectivity index (χ3v) is 3.92. The van der Waals surface area contributed by atoms with Crippen molar-refractivity contribution in [1.82, 2.24) is 5.32 Å². The minimum absolute atomic E-state index is 0.273. The third kappa shape index (κ3) is 2.82. The van der Waals surface area contributed by atoms with Gasteiger partial charge in [-0.1, -0.05) is 18.2 Å². The lowest BCUT2D eigenvalue weighted by molar-refractivity contribution is 0.0912. The van der Waals surface area contributed by atoms with E-state index in [0.717, 1.165) is 0 Å². The van der Waals surface area contributed by atoms with E-state index in [0.29, 0.717) is 16.2 Å². The zero-order valence-electron chi connectivity index (χ0n) is 11.6. The summed E-state index contributed by atoms with van der Waals surface area (Å²) in [6, 6.07) is 8.16. The first-order valence-corrected chi connectivity index (χ1v) is 7.02. The molecule has 5 heteroatoms. The summed E-state index contributed by atoms with van der Waals surface area (Å²) in [7, 11) is 1.51. The third-order valence-electron chi connectivity index (χ3n) is 3.03. The standard InChI is InChI=1S/C15H16FNO2S/c1-15(2,10-6-4-5-7-11(10)16)17-14(18)13-12(19-3)8-9-20-13/h4-9H,1-3H3,(H,17,18). The van der Waals surface area contributed by atoms with Gasteiger partial charge in [-0.3, -0.25) is 4.79 Å². The SMILES string of the molecule is COc1ccsc1C(=O)NC(C)(C)c1ccccc1F. The van der Waals surface area contributed by atoms with Gasteiger partial charge in [0.15, 0.2) is 0 Å². The Balaban J connectivity index is 2.25. The van der Waals surface area contributed by atoms with Gasteiger partial charge in [-0.15, -0.1) is 11.3 Å². The zero-order valence-corrected chi connectivity index (χ0v) is 12.4. The summed E-state index contributed by atoms with van der Waals surface area (Å²) in [4.78, 5) is 12.8. The molecule has 1 N–H and O–H groups in total. The molecule has 0 radical (unpaired) electrons. The number of halogens is 1. The number of rotatable bonds is 4. The van der Waals surface area contributed by atoms with Crippen LogP contribution in [0.4, 0.5) is 4.39 Å². The predicted octanol–water partition coefficient (Wildman–Crippen LogP) is 3.56. The Hall–Kier alpha value is -1.88. The van der Waals surface area contributed by atoms with E-state index in [1.807, 2.05) is 0 Å². The molecule has 1 aromatic heterocycles. The van der Waals surface area contributed by atoms with Crippen LogP contribution in [0.2, 0.25) is 0 Å². The van der Waals surface area contributed by atoms with Gasteiger partial charge in [0.05, 0.1) is 12.6 Å². The molecule has 1 heterocycles. The maximum absolute atomic E-state index is 13.9.